The minimum Gasteiger partial charge on any atom is -0.355 e. The predicted octanol–water partition coefficient (Wildman–Crippen LogP) is 0.899. The maximum Gasteiger partial charge on any atom is 0.270 e. The summed E-state index contributed by atoms with van der Waals surface area (Å²) in [5.74, 6) is 1.15. The first kappa shape index (κ1) is 24.4. The Morgan fingerprint density at radius 3 is 2.71 bits per heavy atom. The van der Waals surface area contributed by atoms with E-state index in [0.717, 1.165) is 11.7 Å². The molecule has 0 unspecified atom stereocenters. The van der Waals surface area contributed by atoms with Crippen molar-refractivity contribution < 1.29 is 13.3 Å². The number of hydrogen-bond acceptors (Lipinski definition) is 7. The van der Waals surface area contributed by atoms with E-state index in [2.05, 4.69) is 30.5 Å². The molecule has 2 aromatic heterocycles. The number of hydrogen-bond donors (Lipinski definition) is 3. The van der Waals surface area contributed by atoms with E-state index in [1.807, 2.05) is 28.8 Å². The van der Waals surface area contributed by atoms with Crippen molar-refractivity contribution in [1.82, 2.24) is 30.0 Å². The maximum absolute atomic E-state index is 12.3. The molecular formula is C17H21IN8O4S. The normalized spacial score (nSPS) is 11.7. The largest absolute Gasteiger partial charge is 0.355 e. The van der Waals surface area contributed by atoms with Crippen LogP contribution < -0.4 is 15.4 Å². The molecule has 2 heterocycles. The first-order valence-corrected chi connectivity index (χ1v) is 10.4. The van der Waals surface area contributed by atoms with Crippen molar-refractivity contribution in [1.29, 1.82) is 0 Å². The molecule has 0 spiro atoms. The van der Waals surface area contributed by atoms with E-state index < -0.39 is 14.9 Å². The lowest BCUT2D eigenvalue weighted by Crippen LogP contribution is -2.41. The van der Waals surface area contributed by atoms with Gasteiger partial charge in [0.15, 0.2) is 17.4 Å². The number of nitrogens with zero attached hydrogens (tertiary/aromatic N) is 5. The van der Waals surface area contributed by atoms with Crippen molar-refractivity contribution in [3.05, 3.63) is 64.6 Å². The highest BCUT2D eigenvalue weighted by molar-refractivity contribution is 14.0. The lowest BCUT2D eigenvalue weighted by Gasteiger charge is -2.12. The second-order valence-corrected chi connectivity index (χ2v) is 7.82. The first-order chi connectivity index (χ1) is 14.4. The maximum atomic E-state index is 12.3. The Balaban J connectivity index is 0.00000341. The molecule has 3 rings (SSSR count). The number of sulfonamides is 1. The van der Waals surface area contributed by atoms with Crippen LogP contribution in [0.4, 0.5) is 5.69 Å². The van der Waals surface area contributed by atoms with Gasteiger partial charge < -0.3 is 10.6 Å². The van der Waals surface area contributed by atoms with Gasteiger partial charge in [0, 0.05) is 38.5 Å². The third-order valence-electron chi connectivity index (χ3n) is 4.07. The van der Waals surface area contributed by atoms with Gasteiger partial charge in [-0.15, -0.1) is 34.2 Å². The van der Waals surface area contributed by atoms with Crippen LogP contribution in [0.3, 0.4) is 0 Å². The third-order valence-corrected chi connectivity index (χ3v) is 5.53. The van der Waals surface area contributed by atoms with Crippen LogP contribution in [-0.2, 0) is 16.6 Å². The van der Waals surface area contributed by atoms with E-state index in [1.165, 1.54) is 18.2 Å². The average Bonchev–Trinajstić information content (AvgIpc) is 3.16. The van der Waals surface area contributed by atoms with Crippen LogP contribution in [0.5, 0.6) is 0 Å². The summed E-state index contributed by atoms with van der Waals surface area (Å²) < 4.78 is 28.8. The van der Waals surface area contributed by atoms with Crippen LogP contribution in [0.15, 0.2) is 58.5 Å². The Morgan fingerprint density at radius 1 is 1.16 bits per heavy atom. The molecule has 31 heavy (non-hydrogen) atoms. The number of halogens is 1. The van der Waals surface area contributed by atoms with Gasteiger partial charge in [-0.2, -0.15) is 0 Å². The van der Waals surface area contributed by atoms with Crippen molar-refractivity contribution in [2.24, 2.45) is 4.99 Å². The second-order valence-electron chi connectivity index (χ2n) is 6.05. The molecule has 14 heteroatoms. The summed E-state index contributed by atoms with van der Waals surface area (Å²) in [5.41, 5.74) is 0.439. The Labute approximate surface area is 195 Å². The van der Waals surface area contributed by atoms with Crippen LogP contribution >= 0.6 is 24.0 Å². The number of pyridine rings is 1. The van der Waals surface area contributed by atoms with Gasteiger partial charge in [-0.3, -0.25) is 19.5 Å². The van der Waals surface area contributed by atoms with Crippen LogP contribution in [0.25, 0.3) is 5.65 Å². The molecule has 0 saturated carbocycles. The van der Waals surface area contributed by atoms with Gasteiger partial charge in [-0.05, 0) is 18.2 Å². The zero-order chi connectivity index (χ0) is 21.6. The molecule has 0 saturated heterocycles. The second kappa shape index (κ2) is 11.0. The fourth-order valence-corrected chi connectivity index (χ4v) is 3.68. The monoisotopic (exact) mass is 560 g/mol. The number of nitrogens with one attached hydrogen (secondary N) is 3. The predicted molar refractivity (Wildman–Crippen MR) is 125 cm³/mol. The van der Waals surface area contributed by atoms with Crippen molar-refractivity contribution >= 4 is 51.3 Å². The summed E-state index contributed by atoms with van der Waals surface area (Å²) in [6, 6.07) is 10.5. The highest BCUT2D eigenvalue weighted by atomic mass is 127. The van der Waals surface area contributed by atoms with Crippen molar-refractivity contribution in [3.63, 3.8) is 0 Å². The number of rotatable bonds is 8. The van der Waals surface area contributed by atoms with E-state index in [1.54, 1.807) is 7.05 Å². The standard InChI is InChI=1S/C17H20N8O4S.HI/c1-18-17(20-12-16-23-22-15-7-2-3-10-24(15)16)19-8-9-21-30(28,29)14-6-4-5-13(11-14)25(26)27;/h2-7,10-11,21H,8-9,12H2,1H3,(H2,18,19,20);1H. The van der Waals surface area contributed by atoms with Crippen LogP contribution in [0.2, 0.25) is 0 Å². The summed E-state index contributed by atoms with van der Waals surface area (Å²) in [4.78, 5) is 14.1. The minimum atomic E-state index is -3.87. The molecule has 3 N–H and O–H groups in total. The quantitative estimate of drug-likeness (QED) is 0.0917. The van der Waals surface area contributed by atoms with E-state index >= 15 is 0 Å². The molecule has 1 aromatic carbocycles. The SMILES string of the molecule is CN=C(NCCNS(=O)(=O)c1cccc([N+](=O)[O-])c1)NCc1nnc2ccccn12.I. The van der Waals surface area contributed by atoms with Gasteiger partial charge in [0.1, 0.15) is 0 Å². The van der Waals surface area contributed by atoms with Crippen molar-refractivity contribution in [2.75, 3.05) is 20.1 Å². The molecule has 0 fully saturated rings. The molecule has 0 radical (unpaired) electrons. The van der Waals surface area contributed by atoms with Gasteiger partial charge >= 0.3 is 0 Å². The van der Waals surface area contributed by atoms with E-state index in [9.17, 15) is 18.5 Å². The molecule has 0 bridgehead atoms. The van der Waals surface area contributed by atoms with E-state index in [0.29, 0.717) is 18.3 Å². The Bertz CT molecular complexity index is 1180. The Hall–Kier alpha value is -2.85. The zero-order valence-corrected chi connectivity index (χ0v) is 19.6. The summed E-state index contributed by atoms with van der Waals surface area (Å²) in [6.45, 7) is 0.665. The lowest BCUT2D eigenvalue weighted by atomic mass is 10.3. The van der Waals surface area contributed by atoms with Gasteiger partial charge in [-0.25, -0.2) is 13.1 Å². The number of aliphatic imine (C=N–C) groups is 1. The lowest BCUT2D eigenvalue weighted by molar-refractivity contribution is -0.385. The van der Waals surface area contributed by atoms with Gasteiger partial charge in [0.25, 0.3) is 5.69 Å². The molecule has 0 aliphatic rings. The number of nitro groups is 1. The number of non-ortho nitro benzene ring substituents is 1. The van der Waals surface area contributed by atoms with Crippen LogP contribution in [0.1, 0.15) is 5.82 Å². The molecule has 0 amide bonds. The average molecular weight is 560 g/mol. The molecule has 3 aromatic rings. The van der Waals surface area contributed by atoms with Gasteiger partial charge in [0.05, 0.1) is 16.4 Å². The number of guanidine groups is 1. The number of benzene rings is 1. The van der Waals surface area contributed by atoms with E-state index in [4.69, 9.17) is 0 Å². The molecule has 166 valence electrons. The molecule has 0 aliphatic heterocycles. The highest BCUT2D eigenvalue weighted by Gasteiger charge is 2.17. The zero-order valence-electron chi connectivity index (χ0n) is 16.4. The minimum absolute atomic E-state index is 0. The molecule has 0 aliphatic carbocycles. The van der Waals surface area contributed by atoms with Crippen LogP contribution in [-0.4, -0.2) is 54.0 Å². The highest BCUT2D eigenvalue weighted by Crippen LogP contribution is 2.16. The van der Waals surface area contributed by atoms with Crippen molar-refractivity contribution in [3.8, 4) is 0 Å². The first-order valence-electron chi connectivity index (χ1n) is 8.88. The molecule has 12 nitrogen and oxygen atoms in total. The smallest absolute Gasteiger partial charge is 0.270 e. The Kier molecular flexibility index (Phi) is 8.64. The van der Waals surface area contributed by atoms with Crippen LogP contribution in [0, 0.1) is 10.1 Å². The number of aromatic nitrogens is 3. The summed E-state index contributed by atoms with van der Waals surface area (Å²) in [5, 5.41) is 25.1. The number of fused-ring (bicyclic) bond motifs is 1. The number of nitro benzene ring substituents is 1. The van der Waals surface area contributed by atoms with Gasteiger partial charge in [-0.1, -0.05) is 12.1 Å². The fourth-order valence-electron chi connectivity index (χ4n) is 2.61. The van der Waals surface area contributed by atoms with Crippen molar-refractivity contribution in [2.45, 2.75) is 11.4 Å². The Morgan fingerprint density at radius 2 is 1.97 bits per heavy atom. The topological polar surface area (TPSA) is 156 Å². The van der Waals surface area contributed by atoms with Gasteiger partial charge in [0.2, 0.25) is 10.0 Å². The molecule has 0 atom stereocenters. The molecular weight excluding hydrogens is 539 g/mol. The third kappa shape index (κ3) is 6.31. The summed E-state index contributed by atoms with van der Waals surface area (Å²) >= 11 is 0. The summed E-state index contributed by atoms with van der Waals surface area (Å²) in [6.07, 6.45) is 1.85. The summed E-state index contributed by atoms with van der Waals surface area (Å²) in [7, 11) is -2.28. The fraction of sp³-hybridized carbons (Fsp3) is 0.235. The van der Waals surface area contributed by atoms with E-state index in [-0.39, 0.29) is 47.6 Å².